The highest BCUT2D eigenvalue weighted by atomic mass is 35.5. The fourth-order valence-corrected chi connectivity index (χ4v) is 4.76. The van der Waals surface area contributed by atoms with Gasteiger partial charge in [0, 0.05) is 36.8 Å². The molecule has 0 bridgehead atoms. The van der Waals surface area contributed by atoms with Gasteiger partial charge in [0.05, 0.1) is 17.8 Å². The van der Waals surface area contributed by atoms with Gasteiger partial charge in [0.25, 0.3) is 0 Å². The Morgan fingerprint density at radius 2 is 1.87 bits per heavy atom. The maximum Gasteiger partial charge on any atom is 0.240 e. The van der Waals surface area contributed by atoms with E-state index in [1.807, 2.05) is 48.2 Å². The molecule has 1 saturated heterocycles. The lowest BCUT2D eigenvalue weighted by molar-refractivity contribution is -0.136. The molecule has 1 amide bonds. The molecular formula is C23H30ClN5O2. The van der Waals surface area contributed by atoms with Crippen LogP contribution >= 0.6 is 11.6 Å². The Hall–Kier alpha value is -2.22. The van der Waals surface area contributed by atoms with Crippen LogP contribution in [0.15, 0.2) is 30.6 Å². The number of aromatic nitrogens is 2. The third kappa shape index (κ3) is 4.54. The van der Waals surface area contributed by atoms with E-state index in [1.165, 1.54) is 0 Å². The standard InChI is InChI=1S/C23H30ClN5O2/c1-15-12-19(30)21-20(15)22(26-14-25-21)28-8-10-29(11-9-28)23(31)18(27(2)3)13-16-4-6-17(24)7-5-16/h4-7,14-15,18-19,30H,8-13H2,1-3H3/t15-,18?,19-/m1/s1. The van der Waals surface area contributed by atoms with Crippen molar-refractivity contribution >= 4 is 23.3 Å². The predicted octanol–water partition coefficient (Wildman–Crippen LogP) is 2.49. The molecular weight excluding hydrogens is 414 g/mol. The topological polar surface area (TPSA) is 72.8 Å². The molecule has 1 aromatic carbocycles. The lowest BCUT2D eigenvalue weighted by Gasteiger charge is -2.38. The molecule has 4 rings (SSSR count). The van der Waals surface area contributed by atoms with Gasteiger partial charge in [0.2, 0.25) is 5.91 Å². The van der Waals surface area contributed by atoms with E-state index in [0.717, 1.165) is 35.7 Å². The molecule has 1 aliphatic carbocycles. The predicted molar refractivity (Wildman–Crippen MR) is 121 cm³/mol. The van der Waals surface area contributed by atoms with Crippen LogP contribution < -0.4 is 4.90 Å². The smallest absolute Gasteiger partial charge is 0.240 e. The second-order valence-corrected chi connectivity index (χ2v) is 9.21. The molecule has 7 nitrogen and oxygen atoms in total. The van der Waals surface area contributed by atoms with Crippen molar-refractivity contribution in [3.8, 4) is 0 Å². The average molecular weight is 444 g/mol. The number of fused-ring (bicyclic) bond motifs is 1. The number of rotatable bonds is 5. The van der Waals surface area contributed by atoms with Crippen LogP contribution in [0, 0.1) is 0 Å². The number of nitrogens with zero attached hydrogens (tertiary/aromatic N) is 5. The van der Waals surface area contributed by atoms with E-state index < -0.39 is 6.10 Å². The van der Waals surface area contributed by atoms with Crippen molar-refractivity contribution < 1.29 is 9.90 Å². The number of carbonyl (C=O) groups is 1. The number of piperazine rings is 1. The summed E-state index contributed by atoms with van der Waals surface area (Å²) in [4.78, 5) is 28.3. The highest BCUT2D eigenvalue weighted by Gasteiger charge is 2.35. The maximum absolute atomic E-state index is 13.3. The Kier molecular flexibility index (Phi) is 6.46. The van der Waals surface area contributed by atoms with Crippen LogP contribution in [0.5, 0.6) is 0 Å². The van der Waals surface area contributed by atoms with Crippen molar-refractivity contribution in [1.29, 1.82) is 0 Å². The summed E-state index contributed by atoms with van der Waals surface area (Å²) in [5.74, 6) is 1.29. The van der Waals surface area contributed by atoms with Crippen LogP contribution in [0.3, 0.4) is 0 Å². The van der Waals surface area contributed by atoms with Gasteiger partial charge in [-0.3, -0.25) is 9.69 Å². The van der Waals surface area contributed by atoms with Crippen LogP contribution in [0.2, 0.25) is 5.02 Å². The minimum Gasteiger partial charge on any atom is -0.387 e. The lowest BCUT2D eigenvalue weighted by atomic mass is 10.0. The summed E-state index contributed by atoms with van der Waals surface area (Å²) in [6.45, 7) is 4.86. The summed E-state index contributed by atoms with van der Waals surface area (Å²) in [6.07, 6.45) is 2.37. The Labute approximate surface area is 188 Å². The minimum atomic E-state index is -0.511. The van der Waals surface area contributed by atoms with Gasteiger partial charge >= 0.3 is 0 Å². The number of anilines is 1. The van der Waals surface area contributed by atoms with Crippen molar-refractivity contribution in [3.05, 3.63) is 52.4 Å². The van der Waals surface area contributed by atoms with Crippen molar-refractivity contribution in [2.24, 2.45) is 0 Å². The first-order valence-corrected chi connectivity index (χ1v) is 11.2. The van der Waals surface area contributed by atoms with E-state index in [-0.39, 0.29) is 17.9 Å². The molecule has 1 aliphatic heterocycles. The SMILES string of the molecule is C[C@@H]1C[C@@H](O)c2ncnc(N3CCN(C(=O)C(Cc4ccc(Cl)cc4)N(C)C)CC3)c21. The van der Waals surface area contributed by atoms with Crippen LogP contribution in [0.25, 0.3) is 0 Å². The van der Waals surface area contributed by atoms with Crippen LogP contribution in [-0.4, -0.2) is 77.1 Å². The van der Waals surface area contributed by atoms with Gasteiger partial charge in [0.15, 0.2) is 0 Å². The summed E-state index contributed by atoms with van der Waals surface area (Å²) in [5, 5.41) is 11.0. The van der Waals surface area contributed by atoms with Gasteiger partial charge < -0.3 is 14.9 Å². The molecule has 3 atom stereocenters. The van der Waals surface area contributed by atoms with E-state index in [9.17, 15) is 9.90 Å². The molecule has 0 spiro atoms. The molecule has 31 heavy (non-hydrogen) atoms. The second kappa shape index (κ2) is 9.10. The summed E-state index contributed by atoms with van der Waals surface area (Å²) < 4.78 is 0. The molecule has 1 aromatic heterocycles. The van der Waals surface area contributed by atoms with E-state index in [4.69, 9.17) is 11.6 Å². The first-order chi connectivity index (χ1) is 14.8. The first kappa shape index (κ1) is 22.0. The number of halogens is 1. The van der Waals surface area contributed by atoms with Crippen LogP contribution in [0.1, 0.15) is 42.2 Å². The van der Waals surface area contributed by atoms with Crippen LogP contribution in [-0.2, 0) is 11.2 Å². The number of benzene rings is 1. The second-order valence-electron chi connectivity index (χ2n) is 8.77. The van der Waals surface area contributed by atoms with Gasteiger partial charge in [-0.05, 0) is 50.6 Å². The first-order valence-electron chi connectivity index (χ1n) is 10.8. The molecule has 1 unspecified atom stereocenters. The quantitative estimate of drug-likeness (QED) is 0.765. The molecule has 0 radical (unpaired) electrons. The number of likely N-dealkylation sites (N-methyl/N-ethyl adjacent to an activating group) is 1. The van der Waals surface area contributed by atoms with Crippen molar-refractivity contribution in [2.75, 3.05) is 45.2 Å². The normalized spacial score (nSPS) is 22.0. The fourth-order valence-electron chi connectivity index (χ4n) is 4.64. The zero-order valence-electron chi connectivity index (χ0n) is 18.3. The Morgan fingerprint density at radius 1 is 1.19 bits per heavy atom. The molecule has 2 heterocycles. The highest BCUT2D eigenvalue weighted by Crippen LogP contribution is 2.42. The summed E-state index contributed by atoms with van der Waals surface area (Å²) in [7, 11) is 3.90. The van der Waals surface area contributed by atoms with Crippen LogP contribution in [0.4, 0.5) is 5.82 Å². The third-order valence-corrected chi connectivity index (χ3v) is 6.67. The van der Waals surface area contributed by atoms with Crippen molar-refractivity contribution in [2.45, 2.75) is 37.8 Å². The molecule has 1 fully saturated rings. The summed E-state index contributed by atoms with van der Waals surface area (Å²) in [6, 6.07) is 7.48. The van der Waals surface area contributed by atoms with Crippen molar-refractivity contribution in [1.82, 2.24) is 19.8 Å². The largest absolute Gasteiger partial charge is 0.387 e. The van der Waals surface area contributed by atoms with E-state index in [0.29, 0.717) is 31.0 Å². The number of hydrogen-bond donors (Lipinski definition) is 1. The molecule has 0 saturated carbocycles. The zero-order valence-corrected chi connectivity index (χ0v) is 19.1. The maximum atomic E-state index is 13.3. The van der Waals surface area contributed by atoms with Gasteiger partial charge in [-0.2, -0.15) is 0 Å². The zero-order chi connectivity index (χ0) is 22.1. The lowest BCUT2D eigenvalue weighted by Crippen LogP contribution is -2.54. The monoisotopic (exact) mass is 443 g/mol. The fraction of sp³-hybridized carbons (Fsp3) is 0.522. The number of carbonyl (C=O) groups excluding carboxylic acids is 1. The minimum absolute atomic E-state index is 0.149. The summed E-state index contributed by atoms with van der Waals surface area (Å²) in [5.41, 5.74) is 2.91. The van der Waals surface area contributed by atoms with E-state index in [1.54, 1.807) is 6.33 Å². The number of amides is 1. The Morgan fingerprint density at radius 3 is 2.52 bits per heavy atom. The molecule has 2 aromatic rings. The van der Waals surface area contributed by atoms with Gasteiger partial charge in [0.1, 0.15) is 12.1 Å². The van der Waals surface area contributed by atoms with E-state index >= 15 is 0 Å². The van der Waals surface area contributed by atoms with Gasteiger partial charge in [-0.25, -0.2) is 9.97 Å². The molecule has 166 valence electrons. The third-order valence-electron chi connectivity index (χ3n) is 6.42. The number of aliphatic hydroxyl groups excluding tert-OH is 1. The molecule has 8 heteroatoms. The van der Waals surface area contributed by atoms with E-state index in [2.05, 4.69) is 21.8 Å². The Balaban J connectivity index is 1.43. The number of aliphatic hydroxyl groups is 1. The van der Waals surface area contributed by atoms with Gasteiger partial charge in [-0.15, -0.1) is 0 Å². The number of hydrogen-bond acceptors (Lipinski definition) is 6. The Bertz CT molecular complexity index is 928. The highest BCUT2D eigenvalue weighted by molar-refractivity contribution is 6.30. The summed E-state index contributed by atoms with van der Waals surface area (Å²) >= 11 is 6.00. The molecule has 1 N–H and O–H groups in total. The molecule has 2 aliphatic rings. The van der Waals surface area contributed by atoms with Gasteiger partial charge in [-0.1, -0.05) is 30.7 Å². The average Bonchev–Trinajstić information content (AvgIpc) is 3.06. The van der Waals surface area contributed by atoms with Crippen molar-refractivity contribution in [3.63, 3.8) is 0 Å².